The molecule has 0 N–H and O–H groups in total. The van der Waals surface area contributed by atoms with Gasteiger partial charge < -0.3 is 9.32 Å². The lowest BCUT2D eigenvalue weighted by Crippen LogP contribution is -2.52. The predicted octanol–water partition coefficient (Wildman–Crippen LogP) is 1.09. The molecule has 1 aliphatic heterocycles. The van der Waals surface area contributed by atoms with Crippen molar-refractivity contribution in [3.8, 4) is 0 Å². The summed E-state index contributed by atoms with van der Waals surface area (Å²) in [6.45, 7) is 8.84. The highest BCUT2D eigenvalue weighted by molar-refractivity contribution is 5.46. The minimum Gasteiger partial charge on any atom is -0.424 e. The van der Waals surface area contributed by atoms with Gasteiger partial charge >= 0.3 is 0 Å². The van der Waals surface area contributed by atoms with Gasteiger partial charge in [-0.2, -0.15) is 4.52 Å². The average Bonchev–Trinajstić information content (AvgIpc) is 3.22. The molecule has 24 heavy (non-hydrogen) atoms. The molecule has 0 unspecified atom stereocenters. The van der Waals surface area contributed by atoms with Crippen molar-refractivity contribution in [3.63, 3.8) is 0 Å². The second-order valence-corrected chi connectivity index (χ2v) is 6.20. The van der Waals surface area contributed by atoms with Gasteiger partial charge in [-0.15, -0.1) is 25.5 Å². The van der Waals surface area contributed by atoms with Crippen molar-refractivity contribution < 1.29 is 4.42 Å². The number of nitrogens with zero attached hydrogens (tertiary/aromatic N) is 8. The first-order chi connectivity index (χ1) is 11.6. The molecule has 2 atom stereocenters. The van der Waals surface area contributed by atoms with E-state index in [1.54, 1.807) is 10.8 Å². The number of anilines is 1. The molecule has 0 amide bonds. The third kappa shape index (κ3) is 2.60. The number of fused-ring (bicyclic) bond motifs is 1. The number of rotatable bonds is 3. The molecule has 9 heteroatoms. The van der Waals surface area contributed by atoms with Gasteiger partial charge in [0, 0.05) is 32.6 Å². The molecular weight excluding hydrogens is 308 g/mol. The van der Waals surface area contributed by atoms with Crippen LogP contribution < -0.4 is 4.90 Å². The zero-order valence-corrected chi connectivity index (χ0v) is 14.0. The summed E-state index contributed by atoms with van der Waals surface area (Å²) in [4.78, 5) is 4.67. The lowest BCUT2D eigenvalue weighted by atomic mass is 10.1. The Hall–Kier alpha value is -2.55. The van der Waals surface area contributed by atoms with E-state index in [2.05, 4.69) is 49.1 Å². The summed E-state index contributed by atoms with van der Waals surface area (Å²) in [7, 11) is 0. The van der Waals surface area contributed by atoms with Gasteiger partial charge in [-0.3, -0.25) is 4.90 Å². The van der Waals surface area contributed by atoms with E-state index in [4.69, 9.17) is 4.42 Å². The van der Waals surface area contributed by atoms with E-state index >= 15 is 0 Å². The van der Waals surface area contributed by atoms with Crippen molar-refractivity contribution in [1.82, 2.24) is 34.9 Å². The molecule has 3 aromatic heterocycles. The Morgan fingerprint density at radius 1 is 1.21 bits per heavy atom. The van der Waals surface area contributed by atoms with Crippen molar-refractivity contribution in [2.24, 2.45) is 0 Å². The summed E-state index contributed by atoms with van der Waals surface area (Å²) in [6.07, 6.45) is 1.62. The Balaban J connectivity index is 1.49. The number of aryl methyl sites for hydroxylation is 1. The van der Waals surface area contributed by atoms with Crippen LogP contribution in [0.4, 0.5) is 5.82 Å². The average molecular weight is 328 g/mol. The summed E-state index contributed by atoms with van der Waals surface area (Å²) < 4.78 is 7.28. The topological polar surface area (TPSA) is 88.5 Å². The zero-order chi connectivity index (χ0) is 16.7. The molecule has 3 aromatic rings. The minimum atomic E-state index is 0.115. The van der Waals surface area contributed by atoms with E-state index in [1.165, 1.54) is 0 Å². The molecule has 9 nitrogen and oxygen atoms in total. The Kier molecular flexibility index (Phi) is 3.64. The Bertz CT molecular complexity index is 843. The smallest absolute Gasteiger partial charge is 0.233 e. The van der Waals surface area contributed by atoms with Gasteiger partial charge in [-0.25, -0.2) is 0 Å². The van der Waals surface area contributed by atoms with Gasteiger partial charge in [-0.05, 0) is 26.0 Å². The van der Waals surface area contributed by atoms with Crippen molar-refractivity contribution in [2.75, 3.05) is 24.5 Å². The third-order valence-electron chi connectivity index (χ3n) is 4.55. The van der Waals surface area contributed by atoms with Gasteiger partial charge in [0.2, 0.25) is 11.8 Å². The van der Waals surface area contributed by atoms with Gasteiger partial charge in [0.25, 0.3) is 0 Å². The second-order valence-electron chi connectivity index (χ2n) is 6.20. The number of aromatic nitrogens is 6. The van der Waals surface area contributed by atoms with Gasteiger partial charge in [0.15, 0.2) is 5.65 Å². The van der Waals surface area contributed by atoms with Crippen LogP contribution in [0.15, 0.2) is 22.9 Å². The fourth-order valence-electron chi connectivity index (χ4n) is 3.19. The number of hydrogen-bond donors (Lipinski definition) is 0. The molecular formula is C15H20N8O. The first-order valence-electron chi connectivity index (χ1n) is 8.09. The summed E-state index contributed by atoms with van der Waals surface area (Å²) in [5, 5.41) is 20.6. The molecule has 0 aromatic carbocycles. The van der Waals surface area contributed by atoms with Crippen LogP contribution in [0.1, 0.15) is 31.7 Å². The highest BCUT2D eigenvalue weighted by Crippen LogP contribution is 2.25. The van der Waals surface area contributed by atoms with Gasteiger partial charge in [0.05, 0.1) is 6.04 Å². The molecule has 4 rings (SSSR count). The summed E-state index contributed by atoms with van der Waals surface area (Å²) in [5.74, 6) is 2.22. The Morgan fingerprint density at radius 3 is 2.83 bits per heavy atom. The molecule has 1 saturated heterocycles. The maximum absolute atomic E-state index is 5.58. The van der Waals surface area contributed by atoms with Crippen LogP contribution in [0, 0.1) is 6.92 Å². The molecule has 1 aliphatic rings. The van der Waals surface area contributed by atoms with Crippen molar-refractivity contribution in [3.05, 3.63) is 30.2 Å². The summed E-state index contributed by atoms with van der Waals surface area (Å²) in [6, 6.07) is 4.38. The first kappa shape index (κ1) is 15.0. The molecule has 126 valence electrons. The molecule has 0 aliphatic carbocycles. The molecule has 0 saturated carbocycles. The SMILES string of the molecule is Cc1nnc([C@@H](C)N2CCN(c3ccc4nncn4n3)[C@H](C)C2)o1. The Morgan fingerprint density at radius 2 is 2.08 bits per heavy atom. The van der Waals surface area contributed by atoms with E-state index in [9.17, 15) is 0 Å². The summed E-state index contributed by atoms with van der Waals surface area (Å²) in [5.41, 5.74) is 0.755. The van der Waals surface area contributed by atoms with E-state index < -0.39 is 0 Å². The molecule has 4 heterocycles. The van der Waals surface area contributed by atoms with E-state index in [-0.39, 0.29) is 6.04 Å². The van der Waals surface area contributed by atoms with Crippen LogP contribution in [0.5, 0.6) is 0 Å². The lowest BCUT2D eigenvalue weighted by Gasteiger charge is -2.42. The van der Waals surface area contributed by atoms with Crippen LogP contribution in [0.3, 0.4) is 0 Å². The monoisotopic (exact) mass is 328 g/mol. The quantitative estimate of drug-likeness (QED) is 0.706. The highest BCUT2D eigenvalue weighted by Gasteiger charge is 2.30. The standard InChI is InChI=1S/C15H20N8O/c1-10-8-21(11(2)15-19-17-12(3)24-15)6-7-22(10)14-5-4-13-18-16-9-23(13)20-14/h4-5,9-11H,6-8H2,1-3H3/t10-,11-/m1/s1. The van der Waals surface area contributed by atoms with Crippen LogP contribution >= 0.6 is 0 Å². The van der Waals surface area contributed by atoms with Crippen LogP contribution in [0.2, 0.25) is 0 Å². The maximum Gasteiger partial charge on any atom is 0.233 e. The fourth-order valence-corrected chi connectivity index (χ4v) is 3.19. The van der Waals surface area contributed by atoms with E-state index in [0.29, 0.717) is 17.8 Å². The first-order valence-corrected chi connectivity index (χ1v) is 8.09. The van der Waals surface area contributed by atoms with Gasteiger partial charge in [-0.1, -0.05) is 0 Å². The summed E-state index contributed by atoms with van der Waals surface area (Å²) >= 11 is 0. The van der Waals surface area contributed by atoms with Crippen molar-refractivity contribution in [2.45, 2.75) is 32.9 Å². The van der Waals surface area contributed by atoms with Crippen molar-refractivity contribution >= 4 is 11.5 Å². The highest BCUT2D eigenvalue weighted by atomic mass is 16.4. The molecule has 0 spiro atoms. The van der Waals surface area contributed by atoms with Gasteiger partial charge in [0.1, 0.15) is 12.1 Å². The number of hydrogen-bond acceptors (Lipinski definition) is 8. The predicted molar refractivity (Wildman–Crippen MR) is 86.6 cm³/mol. The molecule has 0 bridgehead atoms. The van der Waals surface area contributed by atoms with Crippen molar-refractivity contribution in [1.29, 1.82) is 0 Å². The number of piperazine rings is 1. The second kappa shape index (κ2) is 5.82. The minimum absolute atomic E-state index is 0.115. The maximum atomic E-state index is 5.58. The van der Waals surface area contributed by atoms with Crippen LogP contribution in [-0.4, -0.2) is 60.6 Å². The van der Waals surface area contributed by atoms with Crippen LogP contribution in [0.25, 0.3) is 5.65 Å². The normalized spacial score (nSPS) is 20.6. The van der Waals surface area contributed by atoms with E-state index in [0.717, 1.165) is 31.1 Å². The lowest BCUT2D eigenvalue weighted by molar-refractivity contribution is 0.152. The molecule has 1 fully saturated rings. The van der Waals surface area contributed by atoms with Crippen LogP contribution in [-0.2, 0) is 0 Å². The zero-order valence-electron chi connectivity index (χ0n) is 14.0. The third-order valence-corrected chi connectivity index (χ3v) is 4.55. The molecule has 0 radical (unpaired) electrons. The largest absolute Gasteiger partial charge is 0.424 e. The Labute approximate surface area is 139 Å². The van der Waals surface area contributed by atoms with E-state index in [1.807, 2.05) is 19.1 Å². The fraction of sp³-hybridized carbons (Fsp3) is 0.533.